The number of fused-ring (bicyclic) bond motifs is 1. The largest absolute Gasteiger partial charge is 0.480 e. The third-order valence-corrected chi connectivity index (χ3v) is 5.82. The van der Waals surface area contributed by atoms with Crippen molar-refractivity contribution in [1.29, 1.82) is 0 Å². The molecule has 0 bridgehead atoms. The number of carboxylic acid groups (broad SMARTS) is 1. The van der Waals surface area contributed by atoms with Gasteiger partial charge in [0.15, 0.2) is 14.6 Å². The summed E-state index contributed by atoms with van der Waals surface area (Å²) < 4.78 is 23.2. The molecule has 0 fully saturated rings. The first-order valence-corrected chi connectivity index (χ1v) is 8.43. The number of terminal acetylenes is 1. The van der Waals surface area contributed by atoms with Crippen molar-refractivity contribution in [3.63, 3.8) is 0 Å². The van der Waals surface area contributed by atoms with Crippen LogP contribution < -0.4 is 0 Å². The predicted octanol–water partition coefficient (Wildman–Crippen LogP) is 1.30. The first kappa shape index (κ1) is 16.0. The summed E-state index contributed by atoms with van der Waals surface area (Å²) in [4.78, 5) is 11.3. The number of sulfone groups is 1. The van der Waals surface area contributed by atoms with Crippen LogP contribution in [-0.4, -0.2) is 40.3 Å². The SMILES string of the molecule is C#Cc1ccc2nn(CCC(C)(C(=O)O)S(C)(=O)=O)cc2c1. The van der Waals surface area contributed by atoms with Gasteiger partial charge in [0.2, 0.25) is 0 Å². The van der Waals surface area contributed by atoms with Gasteiger partial charge in [-0.15, -0.1) is 6.42 Å². The molecule has 0 saturated heterocycles. The van der Waals surface area contributed by atoms with Crippen LogP contribution in [0.4, 0.5) is 0 Å². The minimum Gasteiger partial charge on any atom is -0.480 e. The minimum atomic E-state index is -3.74. The fraction of sp³-hybridized carbons (Fsp3) is 0.333. The van der Waals surface area contributed by atoms with Crippen LogP contribution in [0.3, 0.4) is 0 Å². The zero-order valence-corrected chi connectivity index (χ0v) is 13.1. The number of carbonyl (C=O) groups is 1. The summed E-state index contributed by atoms with van der Waals surface area (Å²) in [5.74, 6) is 1.17. The lowest BCUT2D eigenvalue weighted by atomic mass is 10.1. The molecule has 0 aliphatic rings. The molecule has 7 heteroatoms. The Morgan fingerprint density at radius 1 is 1.50 bits per heavy atom. The molecule has 0 spiro atoms. The average Bonchev–Trinajstić information content (AvgIpc) is 2.84. The van der Waals surface area contributed by atoms with Gasteiger partial charge in [-0.1, -0.05) is 5.92 Å². The van der Waals surface area contributed by atoms with Crippen molar-refractivity contribution in [3.8, 4) is 12.3 Å². The summed E-state index contributed by atoms with van der Waals surface area (Å²) in [6.45, 7) is 1.39. The zero-order valence-electron chi connectivity index (χ0n) is 12.3. The number of aryl methyl sites for hydroxylation is 1. The number of aliphatic carboxylic acids is 1. The Morgan fingerprint density at radius 3 is 2.73 bits per heavy atom. The molecule has 22 heavy (non-hydrogen) atoms. The second kappa shape index (κ2) is 5.46. The molecule has 6 nitrogen and oxygen atoms in total. The molecule has 0 amide bonds. The number of benzene rings is 1. The third kappa shape index (κ3) is 2.83. The molecule has 0 saturated carbocycles. The second-order valence-electron chi connectivity index (χ2n) is 5.37. The Hall–Kier alpha value is -2.33. The minimum absolute atomic E-state index is 0.0723. The first-order valence-electron chi connectivity index (χ1n) is 6.54. The lowest BCUT2D eigenvalue weighted by molar-refractivity contribution is -0.139. The van der Waals surface area contributed by atoms with Crippen LogP contribution in [0.1, 0.15) is 18.9 Å². The lowest BCUT2D eigenvalue weighted by Gasteiger charge is -2.22. The van der Waals surface area contributed by atoms with Crippen LogP contribution in [0.2, 0.25) is 0 Å². The van der Waals surface area contributed by atoms with Gasteiger partial charge in [-0.05, 0) is 31.5 Å². The topological polar surface area (TPSA) is 89.3 Å². The molecule has 2 rings (SSSR count). The van der Waals surface area contributed by atoms with Crippen molar-refractivity contribution in [2.75, 3.05) is 6.26 Å². The van der Waals surface area contributed by atoms with Crippen LogP contribution in [0, 0.1) is 12.3 Å². The molecule has 1 unspecified atom stereocenters. The van der Waals surface area contributed by atoms with Crippen molar-refractivity contribution >= 4 is 26.7 Å². The van der Waals surface area contributed by atoms with E-state index >= 15 is 0 Å². The summed E-state index contributed by atoms with van der Waals surface area (Å²) in [7, 11) is -3.74. The quantitative estimate of drug-likeness (QED) is 0.839. The summed E-state index contributed by atoms with van der Waals surface area (Å²) in [6, 6.07) is 5.33. The van der Waals surface area contributed by atoms with Gasteiger partial charge in [0.05, 0.1) is 5.52 Å². The van der Waals surface area contributed by atoms with Crippen molar-refractivity contribution in [1.82, 2.24) is 9.78 Å². The van der Waals surface area contributed by atoms with Crippen LogP contribution in [0.15, 0.2) is 24.4 Å². The molecule has 1 aromatic carbocycles. The van der Waals surface area contributed by atoms with E-state index in [9.17, 15) is 18.3 Å². The fourth-order valence-electron chi connectivity index (χ4n) is 2.06. The van der Waals surface area contributed by atoms with Crippen LogP contribution in [-0.2, 0) is 21.2 Å². The van der Waals surface area contributed by atoms with Crippen LogP contribution in [0.25, 0.3) is 10.9 Å². The molecule has 0 aliphatic carbocycles. The summed E-state index contributed by atoms with van der Waals surface area (Å²) in [5, 5.41) is 14.3. The molecule has 1 N–H and O–H groups in total. The number of nitrogens with zero attached hydrogens (tertiary/aromatic N) is 2. The molecule has 0 radical (unpaired) electrons. The van der Waals surface area contributed by atoms with Crippen LogP contribution >= 0.6 is 0 Å². The smallest absolute Gasteiger partial charge is 0.324 e. The van der Waals surface area contributed by atoms with E-state index in [1.807, 2.05) is 0 Å². The highest BCUT2D eigenvalue weighted by molar-refractivity contribution is 7.92. The number of aromatic nitrogens is 2. The summed E-state index contributed by atoms with van der Waals surface area (Å²) in [5.41, 5.74) is 1.44. The molecule has 2 aromatic rings. The van der Waals surface area contributed by atoms with E-state index in [0.29, 0.717) is 0 Å². The van der Waals surface area contributed by atoms with E-state index in [1.165, 1.54) is 11.6 Å². The van der Waals surface area contributed by atoms with Gasteiger partial charge in [-0.25, -0.2) is 8.42 Å². The summed E-state index contributed by atoms with van der Waals surface area (Å²) >= 11 is 0. The number of carboxylic acids is 1. The van der Waals surface area contributed by atoms with Crippen molar-refractivity contribution in [2.24, 2.45) is 0 Å². The maximum atomic E-state index is 11.7. The van der Waals surface area contributed by atoms with Crippen molar-refractivity contribution < 1.29 is 18.3 Å². The van der Waals surface area contributed by atoms with E-state index in [4.69, 9.17) is 6.42 Å². The third-order valence-electron chi connectivity index (χ3n) is 3.81. The Kier molecular flexibility index (Phi) is 3.98. The Balaban J connectivity index is 2.28. The van der Waals surface area contributed by atoms with Gasteiger partial charge < -0.3 is 5.11 Å². The predicted molar refractivity (Wildman–Crippen MR) is 83.2 cm³/mol. The van der Waals surface area contributed by atoms with Gasteiger partial charge in [0, 0.05) is 29.9 Å². The monoisotopic (exact) mass is 320 g/mol. The number of hydrogen-bond acceptors (Lipinski definition) is 4. The van der Waals surface area contributed by atoms with Gasteiger partial charge in [0.1, 0.15) is 0 Å². The van der Waals surface area contributed by atoms with Crippen molar-refractivity contribution in [2.45, 2.75) is 24.6 Å². The molecular formula is C15H16N2O4S. The maximum Gasteiger partial charge on any atom is 0.324 e. The molecule has 1 atom stereocenters. The Morgan fingerprint density at radius 2 is 2.18 bits per heavy atom. The first-order chi connectivity index (χ1) is 10.2. The second-order valence-corrected chi connectivity index (χ2v) is 7.81. The van der Waals surface area contributed by atoms with E-state index in [0.717, 1.165) is 22.7 Å². The van der Waals surface area contributed by atoms with Crippen LogP contribution in [0.5, 0.6) is 0 Å². The Labute approximate surface area is 128 Å². The fourth-order valence-corrected chi connectivity index (χ4v) is 2.84. The van der Waals surface area contributed by atoms with Gasteiger partial charge in [-0.2, -0.15) is 5.10 Å². The highest BCUT2D eigenvalue weighted by Gasteiger charge is 2.43. The normalized spacial score (nSPS) is 14.4. The Bertz CT molecular complexity index is 877. The molecular weight excluding hydrogens is 304 g/mol. The molecule has 1 heterocycles. The van der Waals surface area contributed by atoms with Gasteiger partial charge in [0.25, 0.3) is 0 Å². The highest BCUT2D eigenvalue weighted by atomic mass is 32.2. The zero-order chi connectivity index (χ0) is 16.5. The standard InChI is InChI=1S/C15H16N2O4S/c1-4-11-5-6-13-12(9-11)10-17(16-13)8-7-15(2,14(18)19)22(3,20)21/h1,5-6,9-10H,7-8H2,2-3H3,(H,18,19). The van der Waals surface area contributed by atoms with E-state index < -0.39 is 20.6 Å². The summed E-state index contributed by atoms with van der Waals surface area (Å²) in [6.07, 6.45) is 7.92. The van der Waals surface area contributed by atoms with Crippen molar-refractivity contribution in [3.05, 3.63) is 30.0 Å². The number of rotatable bonds is 5. The molecule has 116 valence electrons. The maximum absolute atomic E-state index is 11.7. The average molecular weight is 320 g/mol. The van der Waals surface area contributed by atoms with E-state index in [-0.39, 0.29) is 13.0 Å². The molecule has 0 aliphatic heterocycles. The number of hydrogen-bond donors (Lipinski definition) is 1. The lowest BCUT2D eigenvalue weighted by Crippen LogP contribution is -2.43. The van der Waals surface area contributed by atoms with Gasteiger partial charge >= 0.3 is 5.97 Å². The van der Waals surface area contributed by atoms with E-state index in [2.05, 4.69) is 11.0 Å². The highest BCUT2D eigenvalue weighted by Crippen LogP contribution is 2.23. The molecule has 1 aromatic heterocycles. The van der Waals surface area contributed by atoms with Gasteiger partial charge in [-0.3, -0.25) is 9.48 Å². The van der Waals surface area contributed by atoms with E-state index in [1.54, 1.807) is 24.4 Å².